The van der Waals surface area contributed by atoms with Crippen molar-refractivity contribution < 1.29 is 23.5 Å². The number of nitrogens with one attached hydrogen (secondary N) is 1. The molecule has 8 nitrogen and oxygen atoms in total. The molecule has 0 unspecified atom stereocenters. The Labute approximate surface area is 152 Å². The zero-order valence-corrected chi connectivity index (χ0v) is 14.0. The molecule has 5 rings (SSSR count). The van der Waals surface area contributed by atoms with Crippen molar-refractivity contribution in [2.75, 3.05) is 6.79 Å². The van der Waals surface area contributed by atoms with Crippen LogP contribution in [0.4, 0.5) is 0 Å². The summed E-state index contributed by atoms with van der Waals surface area (Å²) in [5, 5.41) is 4.86. The molecule has 0 bridgehead atoms. The molecule has 0 amide bonds. The van der Waals surface area contributed by atoms with Crippen molar-refractivity contribution in [2.45, 2.75) is 6.61 Å². The Bertz CT molecular complexity index is 1150. The van der Waals surface area contributed by atoms with Gasteiger partial charge in [-0.3, -0.25) is 0 Å². The van der Waals surface area contributed by atoms with Crippen molar-refractivity contribution in [3.63, 3.8) is 0 Å². The minimum absolute atomic E-state index is 0.110. The van der Waals surface area contributed by atoms with Crippen LogP contribution < -0.4 is 9.47 Å². The summed E-state index contributed by atoms with van der Waals surface area (Å²) in [6, 6.07) is 12.5. The van der Waals surface area contributed by atoms with Crippen LogP contribution in [0.15, 0.2) is 53.2 Å². The number of carbonyl (C=O) groups is 1. The summed E-state index contributed by atoms with van der Waals surface area (Å²) < 4.78 is 21.1. The molecule has 1 N–H and O–H groups in total. The summed E-state index contributed by atoms with van der Waals surface area (Å²) in [7, 11) is 0. The van der Waals surface area contributed by atoms with Gasteiger partial charge in [0.1, 0.15) is 0 Å². The Hall–Kier alpha value is -3.81. The van der Waals surface area contributed by atoms with Gasteiger partial charge >= 0.3 is 5.97 Å². The lowest BCUT2D eigenvalue weighted by molar-refractivity contribution is 0.0430. The Balaban J connectivity index is 1.28. The molecule has 4 aromatic rings. The summed E-state index contributed by atoms with van der Waals surface area (Å²) >= 11 is 0. The molecule has 3 heterocycles. The van der Waals surface area contributed by atoms with E-state index in [9.17, 15) is 4.79 Å². The minimum Gasteiger partial charge on any atom is -0.454 e. The predicted octanol–water partition coefficient (Wildman–Crippen LogP) is 3.30. The third kappa shape index (κ3) is 2.86. The van der Waals surface area contributed by atoms with E-state index in [2.05, 4.69) is 15.1 Å². The number of hydrogen-bond donors (Lipinski definition) is 1. The van der Waals surface area contributed by atoms with Crippen LogP contribution in [0, 0.1) is 0 Å². The normalized spacial score (nSPS) is 12.4. The van der Waals surface area contributed by atoms with Gasteiger partial charge in [0.15, 0.2) is 18.1 Å². The number of aromatic amines is 1. The number of nitrogens with zero attached hydrogens (tertiary/aromatic N) is 2. The second-order valence-electron chi connectivity index (χ2n) is 5.94. The highest BCUT2D eigenvalue weighted by Crippen LogP contribution is 2.35. The molecule has 0 saturated carbocycles. The molecule has 134 valence electrons. The van der Waals surface area contributed by atoms with E-state index >= 15 is 0 Å². The summed E-state index contributed by atoms with van der Waals surface area (Å²) in [5.74, 6) is 1.44. The van der Waals surface area contributed by atoms with E-state index in [0.717, 1.165) is 16.5 Å². The molecule has 2 aromatic carbocycles. The van der Waals surface area contributed by atoms with Gasteiger partial charge in [0, 0.05) is 22.7 Å². The number of hydrogen-bond acceptors (Lipinski definition) is 7. The first-order chi connectivity index (χ1) is 13.3. The number of aromatic nitrogens is 3. The van der Waals surface area contributed by atoms with Crippen molar-refractivity contribution in [3.8, 4) is 22.9 Å². The van der Waals surface area contributed by atoms with Crippen molar-refractivity contribution in [1.82, 2.24) is 15.1 Å². The average Bonchev–Trinajstić information content (AvgIpc) is 3.44. The largest absolute Gasteiger partial charge is 0.454 e. The molecule has 2 aromatic heterocycles. The lowest BCUT2D eigenvalue weighted by Gasteiger charge is -2.02. The number of H-pyrrole nitrogens is 1. The van der Waals surface area contributed by atoms with E-state index in [4.69, 9.17) is 18.7 Å². The maximum absolute atomic E-state index is 12.2. The van der Waals surface area contributed by atoms with E-state index < -0.39 is 5.97 Å². The highest BCUT2D eigenvalue weighted by Gasteiger charge is 2.17. The fourth-order valence-electron chi connectivity index (χ4n) is 2.86. The fourth-order valence-corrected chi connectivity index (χ4v) is 2.86. The number of fused-ring (bicyclic) bond motifs is 2. The van der Waals surface area contributed by atoms with E-state index in [0.29, 0.717) is 22.9 Å². The van der Waals surface area contributed by atoms with Gasteiger partial charge in [-0.15, -0.1) is 0 Å². The molecule has 0 saturated heterocycles. The van der Waals surface area contributed by atoms with Crippen molar-refractivity contribution in [1.29, 1.82) is 0 Å². The van der Waals surface area contributed by atoms with Gasteiger partial charge in [0.05, 0.1) is 5.56 Å². The predicted molar refractivity (Wildman–Crippen MR) is 93.3 cm³/mol. The summed E-state index contributed by atoms with van der Waals surface area (Å²) in [5.41, 5.74) is 2.13. The molecule has 8 heteroatoms. The molecular formula is C19H13N3O5. The molecule has 27 heavy (non-hydrogen) atoms. The monoisotopic (exact) mass is 363 g/mol. The standard InChI is InChI=1S/C19H13N3O5/c23-19(13-1-3-14-11(7-13)5-6-20-14)24-9-17-21-18(22-27-17)12-2-4-15-16(8-12)26-10-25-15/h1-8,20H,9-10H2. The quantitative estimate of drug-likeness (QED) is 0.555. The van der Waals surface area contributed by atoms with Crippen molar-refractivity contribution in [2.24, 2.45) is 0 Å². The van der Waals surface area contributed by atoms with E-state index in [-0.39, 0.29) is 19.3 Å². The van der Waals surface area contributed by atoms with E-state index in [1.54, 1.807) is 30.3 Å². The highest BCUT2D eigenvalue weighted by atomic mass is 16.7. The first kappa shape index (κ1) is 15.4. The van der Waals surface area contributed by atoms with Gasteiger partial charge in [-0.25, -0.2) is 4.79 Å². The van der Waals surface area contributed by atoms with Gasteiger partial charge in [0.2, 0.25) is 12.6 Å². The number of carbonyl (C=O) groups excluding carboxylic acids is 1. The van der Waals surface area contributed by atoms with Crippen LogP contribution in [-0.2, 0) is 11.3 Å². The maximum Gasteiger partial charge on any atom is 0.338 e. The third-order valence-electron chi connectivity index (χ3n) is 4.21. The molecule has 0 atom stereocenters. The van der Waals surface area contributed by atoms with Crippen LogP contribution in [0.1, 0.15) is 16.2 Å². The zero-order chi connectivity index (χ0) is 18.2. The molecular weight excluding hydrogens is 350 g/mol. The maximum atomic E-state index is 12.2. The van der Waals surface area contributed by atoms with Crippen LogP contribution in [-0.4, -0.2) is 27.9 Å². The lowest BCUT2D eigenvalue weighted by atomic mass is 10.1. The third-order valence-corrected chi connectivity index (χ3v) is 4.21. The number of esters is 1. The van der Waals surface area contributed by atoms with Crippen LogP contribution in [0.3, 0.4) is 0 Å². The average molecular weight is 363 g/mol. The van der Waals surface area contributed by atoms with Crippen LogP contribution >= 0.6 is 0 Å². The molecule has 1 aliphatic heterocycles. The molecule has 0 spiro atoms. The molecule has 0 aliphatic carbocycles. The second kappa shape index (κ2) is 6.17. The van der Waals surface area contributed by atoms with Gasteiger partial charge in [0.25, 0.3) is 5.89 Å². The molecule has 0 fully saturated rings. The molecule has 1 aliphatic rings. The first-order valence-electron chi connectivity index (χ1n) is 8.23. The van der Waals surface area contributed by atoms with Crippen LogP contribution in [0.25, 0.3) is 22.3 Å². The van der Waals surface area contributed by atoms with Gasteiger partial charge in [-0.2, -0.15) is 4.98 Å². The SMILES string of the molecule is O=C(OCc1nc(-c2ccc3c(c2)OCO3)no1)c1ccc2[nH]ccc2c1. The van der Waals surface area contributed by atoms with Crippen molar-refractivity contribution in [3.05, 3.63) is 60.1 Å². The summed E-state index contributed by atoms with van der Waals surface area (Å²) in [6.07, 6.45) is 1.82. The summed E-state index contributed by atoms with van der Waals surface area (Å²) in [6.45, 7) is 0.0857. The van der Waals surface area contributed by atoms with Gasteiger partial charge < -0.3 is 23.7 Å². The number of rotatable bonds is 4. The Kier molecular flexibility index (Phi) is 3.53. The van der Waals surface area contributed by atoms with Gasteiger partial charge in [-0.1, -0.05) is 5.16 Å². The Morgan fingerprint density at radius 2 is 2.04 bits per heavy atom. The number of benzene rings is 2. The second-order valence-corrected chi connectivity index (χ2v) is 5.94. The first-order valence-corrected chi connectivity index (χ1v) is 8.23. The summed E-state index contributed by atoms with van der Waals surface area (Å²) in [4.78, 5) is 19.6. The number of ether oxygens (including phenoxy) is 3. The smallest absolute Gasteiger partial charge is 0.338 e. The van der Waals surface area contributed by atoms with E-state index in [1.165, 1.54) is 0 Å². The van der Waals surface area contributed by atoms with E-state index in [1.807, 2.05) is 18.3 Å². The van der Waals surface area contributed by atoms with Crippen LogP contribution in [0.5, 0.6) is 11.5 Å². The topological polar surface area (TPSA) is 99.5 Å². The minimum atomic E-state index is -0.457. The lowest BCUT2D eigenvalue weighted by Crippen LogP contribution is -2.05. The van der Waals surface area contributed by atoms with Crippen LogP contribution in [0.2, 0.25) is 0 Å². The Morgan fingerprint density at radius 1 is 1.11 bits per heavy atom. The molecule has 0 radical (unpaired) electrons. The zero-order valence-electron chi connectivity index (χ0n) is 14.0. The highest BCUT2D eigenvalue weighted by molar-refractivity contribution is 5.94. The Morgan fingerprint density at radius 3 is 3.00 bits per heavy atom. The fraction of sp³-hybridized carbons (Fsp3) is 0.105. The van der Waals surface area contributed by atoms with Gasteiger partial charge in [-0.05, 0) is 42.5 Å². The van der Waals surface area contributed by atoms with Crippen molar-refractivity contribution >= 4 is 16.9 Å².